The first-order chi connectivity index (χ1) is 19.4. The highest BCUT2D eigenvalue weighted by atomic mass is 19.4. The topological polar surface area (TPSA) is 203 Å². The number of halogens is 3. The molecule has 1 aromatic rings. The third-order valence-corrected chi connectivity index (χ3v) is 6.75. The van der Waals surface area contributed by atoms with Crippen LogP contribution in [-0.2, 0) is 43.6 Å². The number of carboxylic acids is 1. The summed E-state index contributed by atoms with van der Waals surface area (Å²) in [6, 6.07) is -4.33. The molecule has 14 nitrogen and oxygen atoms in total. The van der Waals surface area contributed by atoms with Gasteiger partial charge in [0.1, 0.15) is 25.2 Å². The van der Waals surface area contributed by atoms with Crippen molar-refractivity contribution in [2.75, 3.05) is 6.54 Å². The maximum atomic E-state index is 13.5. The monoisotopic (exact) mass is 604 g/mol. The molecule has 0 radical (unpaired) electrons. The summed E-state index contributed by atoms with van der Waals surface area (Å²) >= 11 is 0. The summed E-state index contributed by atoms with van der Waals surface area (Å²) < 4.78 is 40.3. The van der Waals surface area contributed by atoms with Gasteiger partial charge in [0, 0.05) is 24.8 Å². The minimum absolute atomic E-state index is 0.0491. The lowest BCUT2D eigenvalue weighted by Crippen LogP contribution is -2.58. The van der Waals surface area contributed by atoms with E-state index < -0.39 is 90.0 Å². The number of nitrogens with zero attached hydrogens (tertiary/aromatic N) is 3. The van der Waals surface area contributed by atoms with Crippen molar-refractivity contribution in [1.82, 2.24) is 24.7 Å². The molecule has 0 bridgehead atoms. The Kier molecular flexibility index (Phi) is 11.2. The van der Waals surface area contributed by atoms with Crippen LogP contribution in [0.3, 0.4) is 0 Å². The Morgan fingerprint density at radius 1 is 1.02 bits per heavy atom. The van der Waals surface area contributed by atoms with Crippen LogP contribution in [-0.4, -0.2) is 79.5 Å². The highest BCUT2D eigenvalue weighted by molar-refractivity contribution is 5.96. The summed E-state index contributed by atoms with van der Waals surface area (Å²) in [7, 11) is 0. The van der Waals surface area contributed by atoms with Gasteiger partial charge in [-0.3, -0.25) is 37.9 Å². The Labute approximate surface area is 238 Å². The van der Waals surface area contributed by atoms with Gasteiger partial charge in [0.2, 0.25) is 17.7 Å². The zero-order valence-corrected chi connectivity index (χ0v) is 23.6. The quantitative estimate of drug-likeness (QED) is 0.230. The lowest BCUT2D eigenvalue weighted by molar-refractivity contribution is -0.175. The minimum Gasteiger partial charge on any atom is -0.480 e. The number of hydrogen-bond donors (Lipinski definition) is 4. The van der Waals surface area contributed by atoms with Crippen LogP contribution in [0.5, 0.6) is 0 Å². The molecule has 0 aliphatic carbocycles. The fourth-order valence-corrected chi connectivity index (χ4v) is 4.57. The van der Waals surface area contributed by atoms with E-state index in [-0.39, 0.29) is 25.1 Å². The number of Topliss-reactive ketones (excluding diaryl/α,β-unsaturated/α-hetero) is 1. The molecule has 0 spiro atoms. The number of carbonyl (C=O) groups excluding carboxylic acids is 4. The van der Waals surface area contributed by atoms with E-state index in [2.05, 4.69) is 10.6 Å². The molecular formula is C25H35F3N6O8. The van der Waals surface area contributed by atoms with Crippen LogP contribution in [0.15, 0.2) is 15.8 Å². The van der Waals surface area contributed by atoms with Gasteiger partial charge in [-0.1, -0.05) is 27.7 Å². The molecule has 1 aliphatic rings. The molecule has 1 saturated heterocycles. The van der Waals surface area contributed by atoms with E-state index in [1.54, 1.807) is 13.8 Å². The molecule has 17 heteroatoms. The van der Waals surface area contributed by atoms with Crippen molar-refractivity contribution >= 4 is 29.5 Å². The van der Waals surface area contributed by atoms with Gasteiger partial charge in [-0.15, -0.1) is 0 Å². The highest BCUT2D eigenvalue weighted by Gasteiger charge is 2.46. The lowest BCUT2D eigenvalue weighted by atomic mass is 9.98. The van der Waals surface area contributed by atoms with Crippen molar-refractivity contribution in [1.29, 1.82) is 0 Å². The van der Waals surface area contributed by atoms with Crippen molar-refractivity contribution in [2.24, 2.45) is 17.6 Å². The molecule has 0 saturated carbocycles. The fraction of sp³-hybridized carbons (Fsp3) is 0.640. The Balaban J connectivity index is 2.27. The molecule has 234 valence electrons. The molecule has 3 amide bonds. The minimum atomic E-state index is -5.18. The second-order valence-corrected chi connectivity index (χ2v) is 10.6. The summed E-state index contributed by atoms with van der Waals surface area (Å²) in [5.74, 6) is -7.60. The van der Waals surface area contributed by atoms with Crippen molar-refractivity contribution in [3.05, 3.63) is 32.6 Å². The number of hydrogen-bond acceptors (Lipinski definition) is 8. The van der Waals surface area contributed by atoms with E-state index in [1.165, 1.54) is 13.8 Å². The number of amides is 3. The van der Waals surface area contributed by atoms with Crippen molar-refractivity contribution in [3.63, 3.8) is 0 Å². The molecule has 3 atom stereocenters. The number of aliphatic carboxylic acids is 1. The van der Waals surface area contributed by atoms with E-state index in [0.29, 0.717) is 15.6 Å². The van der Waals surface area contributed by atoms with E-state index in [4.69, 9.17) is 10.8 Å². The first-order valence-corrected chi connectivity index (χ1v) is 13.2. The Hall–Kier alpha value is -4.02. The predicted molar refractivity (Wildman–Crippen MR) is 140 cm³/mol. The number of ketones is 1. The number of nitrogens with one attached hydrogen (secondary N) is 2. The van der Waals surface area contributed by atoms with Crippen LogP contribution in [0.2, 0.25) is 0 Å². The third-order valence-electron chi connectivity index (χ3n) is 6.75. The maximum absolute atomic E-state index is 13.5. The van der Waals surface area contributed by atoms with E-state index >= 15 is 0 Å². The molecule has 1 aromatic heterocycles. The molecule has 2 heterocycles. The summed E-state index contributed by atoms with van der Waals surface area (Å²) in [5, 5.41) is 13.6. The highest BCUT2D eigenvalue weighted by Crippen LogP contribution is 2.24. The van der Waals surface area contributed by atoms with Gasteiger partial charge < -0.3 is 26.4 Å². The second kappa shape index (κ2) is 13.8. The molecule has 42 heavy (non-hydrogen) atoms. The lowest BCUT2D eigenvalue weighted by Gasteiger charge is -2.32. The van der Waals surface area contributed by atoms with Gasteiger partial charge >= 0.3 is 17.8 Å². The molecule has 1 aliphatic heterocycles. The van der Waals surface area contributed by atoms with Gasteiger partial charge in [0.25, 0.3) is 11.3 Å². The van der Waals surface area contributed by atoms with Gasteiger partial charge in [-0.2, -0.15) is 13.2 Å². The molecule has 0 unspecified atom stereocenters. The molecule has 2 rings (SSSR count). The van der Waals surface area contributed by atoms with Crippen molar-refractivity contribution < 1.29 is 42.3 Å². The summed E-state index contributed by atoms with van der Waals surface area (Å²) in [4.78, 5) is 88.8. The van der Waals surface area contributed by atoms with Crippen LogP contribution in [0.4, 0.5) is 13.2 Å². The molecule has 1 fully saturated rings. The van der Waals surface area contributed by atoms with Crippen molar-refractivity contribution in [2.45, 2.75) is 84.5 Å². The predicted octanol–water partition coefficient (Wildman–Crippen LogP) is -1.04. The Morgan fingerprint density at radius 3 is 2.12 bits per heavy atom. The summed E-state index contributed by atoms with van der Waals surface area (Å²) in [6.45, 7) is 3.85. The number of carboxylic acid groups (broad SMARTS) is 1. The summed E-state index contributed by atoms with van der Waals surface area (Å²) in [5.41, 5.74) is 3.38. The SMILES string of the molecule is CC(C)[C@H](NC(=O)Cn1c(=O)c(CN)cn(CC(=O)O)c1=O)C(=O)N1CCC[C@H]1C(=O)N[C@H](C(=O)C(F)(F)F)C(C)C. The zero-order chi connectivity index (χ0) is 32.1. The van der Waals surface area contributed by atoms with Gasteiger partial charge in [0.05, 0.1) is 6.04 Å². The number of rotatable bonds is 12. The largest absolute Gasteiger partial charge is 0.480 e. The van der Waals surface area contributed by atoms with Gasteiger partial charge in [0.15, 0.2) is 0 Å². The Bertz CT molecular complexity index is 1340. The molecule has 5 N–H and O–H groups in total. The normalized spacial score (nSPS) is 16.8. The second-order valence-electron chi connectivity index (χ2n) is 10.6. The molecule has 0 aromatic carbocycles. The van der Waals surface area contributed by atoms with Crippen LogP contribution >= 0.6 is 0 Å². The van der Waals surface area contributed by atoms with Crippen LogP contribution in [0, 0.1) is 11.8 Å². The fourth-order valence-electron chi connectivity index (χ4n) is 4.57. The van der Waals surface area contributed by atoms with Gasteiger partial charge in [-0.25, -0.2) is 4.79 Å². The van der Waals surface area contributed by atoms with E-state index in [0.717, 1.165) is 11.1 Å². The van der Waals surface area contributed by atoms with Gasteiger partial charge in [-0.05, 0) is 24.7 Å². The smallest absolute Gasteiger partial charge is 0.452 e. The first-order valence-electron chi connectivity index (χ1n) is 13.2. The van der Waals surface area contributed by atoms with E-state index in [9.17, 15) is 46.7 Å². The zero-order valence-electron chi connectivity index (χ0n) is 23.6. The van der Waals surface area contributed by atoms with Crippen LogP contribution in [0.25, 0.3) is 0 Å². The number of likely N-dealkylation sites (tertiary alicyclic amines) is 1. The summed E-state index contributed by atoms with van der Waals surface area (Å²) in [6.07, 6.45) is -3.76. The number of carbonyl (C=O) groups is 5. The Morgan fingerprint density at radius 2 is 1.62 bits per heavy atom. The first kappa shape index (κ1) is 34.2. The third kappa shape index (κ3) is 8.04. The van der Waals surface area contributed by atoms with Crippen LogP contribution in [0.1, 0.15) is 46.1 Å². The maximum Gasteiger partial charge on any atom is 0.452 e. The van der Waals surface area contributed by atoms with Crippen molar-refractivity contribution in [3.8, 4) is 0 Å². The number of aromatic nitrogens is 2. The standard InChI is InChI=1S/C25H35F3N6O8/c1-12(2)18(20(38)25(26,27)28)31-21(39)15-6-5-7-33(15)23(41)19(13(3)4)30-16(35)10-34-22(40)14(8-29)9-32(24(34)42)11-17(36)37/h9,12-13,15,18-19H,5-8,10-11,29H2,1-4H3,(H,30,35)(H,31,39)(H,36,37)/t15-,18-,19-/m0/s1. The molecular weight excluding hydrogens is 569 g/mol. The average Bonchev–Trinajstić information content (AvgIpc) is 3.38. The number of nitrogens with two attached hydrogens (primary N) is 1. The number of alkyl halides is 3. The van der Waals surface area contributed by atoms with E-state index in [1.807, 2.05) is 0 Å². The van der Waals surface area contributed by atoms with Crippen LogP contribution < -0.4 is 27.6 Å². The average molecular weight is 605 g/mol.